The predicted octanol–water partition coefficient (Wildman–Crippen LogP) is 2.60. The van der Waals surface area contributed by atoms with Crippen molar-refractivity contribution in [1.82, 2.24) is 9.47 Å². The number of pyridine rings is 1. The molecule has 2 heterocycles. The van der Waals surface area contributed by atoms with E-state index < -0.39 is 17.2 Å². The van der Waals surface area contributed by atoms with Crippen molar-refractivity contribution in [1.29, 1.82) is 5.26 Å². The summed E-state index contributed by atoms with van der Waals surface area (Å²) < 4.78 is 16.8. The first-order chi connectivity index (χ1) is 13.9. The van der Waals surface area contributed by atoms with Crippen LogP contribution in [-0.2, 0) is 0 Å². The average molecular weight is 398 g/mol. The maximum absolute atomic E-state index is 15.0. The van der Waals surface area contributed by atoms with E-state index in [9.17, 15) is 19.1 Å². The lowest BCUT2D eigenvalue weighted by molar-refractivity contribution is 0.0695. The summed E-state index contributed by atoms with van der Waals surface area (Å²) >= 11 is 0. The van der Waals surface area contributed by atoms with Crippen molar-refractivity contribution in [3.05, 3.63) is 39.9 Å². The standard InChI is InChI=1S/C21H23FN4O3/c1-13-11-25(8-7-24(13)6-2-5-23)19-10-18-15(9-17(19)22)20(27)16(21(28)29)12-26(18)14-3-4-14/h9-10,12-14H,2-4,6-8,11H2,1H3,(H,28,29). The van der Waals surface area contributed by atoms with Crippen LogP contribution in [0.1, 0.15) is 42.6 Å². The van der Waals surface area contributed by atoms with Crippen molar-refractivity contribution >= 4 is 22.6 Å². The Labute approximate surface area is 167 Å². The van der Waals surface area contributed by atoms with Gasteiger partial charge in [-0.3, -0.25) is 9.69 Å². The van der Waals surface area contributed by atoms with Gasteiger partial charge in [-0.15, -0.1) is 0 Å². The molecule has 0 bridgehead atoms. The SMILES string of the molecule is CC1CN(c2cc3c(cc2F)c(=O)c(C(=O)O)cn3C2CC2)CCN1CCC#N. The molecule has 152 valence electrons. The number of nitrogens with zero attached hydrogens (tertiary/aromatic N) is 4. The number of rotatable bonds is 5. The molecule has 1 unspecified atom stereocenters. The van der Waals surface area contributed by atoms with Crippen LogP contribution in [0.2, 0.25) is 0 Å². The van der Waals surface area contributed by atoms with Gasteiger partial charge in [0.1, 0.15) is 11.4 Å². The maximum Gasteiger partial charge on any atom is 0.341 e. The number of carboxylic acid groups (broad SMARTS) is 1. The third kappa shape index (κ3) is 3.58. The van der Waals surface area contributed by atoms with E-state index in [1.165, 1.54) is 12.3 Å². The first-order valence-electron chi connectivity index (χ1n) is 9.88. The Kier molecular flexibility index (Phi) is 5.01. The number of aromatic nitrogens is 1. The molecule has 1 aromatic heterocycles. The van der Waals surface area contributed by atoms with Crippen molar-refractivity contribution in [2.24, 2.45) is 0 Å². The first-order valence-corrected chi connectivity index (χ1v) is 9.88. The number of carboxylic acids is 1. The number of benzene rings is 1. The second kappa shape index (κ2) is 7.48. The van der Waals surface area contributed by atoms with Gasteiger partial charge in [0.2, 0.25) is 5.43 Å². The maximum atomic E-state index is 15.0. The van der Waals surface area contributed by atoms with Crippen molar-refractivity contribution in [3.63, 3.8) is 0 Å². The molecule has 7 nitrogen and oxygen atoms in total. The summed E-state index contributed by atoms with van der Waals surface area (Å²) in [5.41, 5.74) is 0.0421. The number of piperazine rings is 1. The van der Waals surface area contributed by atoms with Crippen LogP contribution in [0.4, 0.5) is 10.1 Å². The number of fused-ring (bicyclic) bond motifs is 1. The third-order valence-corrected chi connectivity index (χ3v) is 5.89. The summed E-state index contributed by atoms with van der Waals surface area (Å²) in [4.78, 5) is 28.2. The molecule has 1 aliphatic heterocycles. The molecule has 0 radical (unpaired) electrons. The van der Waals surface area contributed by atoms with Crippen molar-refractivity contribution < 1.29 is 14.3 Å². The minimum Gasteiger partial charge on any atom is -0.477 e. The highest BCUT2D eigenvalue weighted by atomic mass is 19.1. The average Bonchev–Trinajstić information content (AvgIpc) is 3.52. The van der Waals surface area contributed by atoms with Crippen LogP contribution in [0.3, 0.4) is 0 Å². The van der Waals surface area contributed by atoms with E-state index in [1.54, 1.807) is 6.07 Å². The number of hydrogen-bond acceptors (Lipinski definition) is 5. The van der Waals surface area contributed by atoms with Gasteiger partial charge in [0.05, 0.1) is 17.3 Å². The quantitative estimate of drug-likeness (QED) is 0.833. The third-order valence-electron chi connectivity index (χ3n) is 5.89. The highest BCUT2D eigenvalue weighted by Crippen LogP contribution is 2.38. The fraction of sp³-hybridized carbons (Fsp3) is 0.476. The van der Waals surface area contributed by atoms with Crippen molar-refractivity contribution in [2.75, 3.05) is 31.1 Å². The summed E-state index contributed by atoms with van der Waals surface area (Å²) in [6.45, 7) is 4.73. The van der Waals surface area contributed by atoms with Gasteiger partial charge >= 0.3 is 5.97 Å². The molecular weight excluding hydrogens is 375 g/mol. The lowest BCUT2D eigenvalue weighted by atomic mass is 10.1. The molecule has 8 heteroatoms. The minimum atomic E-state index is -1.29. The van der Waals surface area contributed by atoms with Crippen molar-refractivity contribution in [3.8, 4) is 6.07 Å². The fourth-order valence-corrected chi connectivity index (χ4v) is 4.15. The molecule has 0 amide bonds. The molecule has 1 aliphatic carbocycles. The highest BCUT2D eigenvalue weighted by molar-refractivity contribution is 5.93. The van der Waals surface area contributed by atoms with Gasteiger partial charge in [-0.25, -0.2) is 9.18 Å². The Morgan fingerprint density at radius 3 is 2.72 bits per heavy atom. The molecule has 2 fully saturated rings. The molecule has 2 aliphatic rings. The number of nitriles is 1. The Bertz CT molecular complexity index is 1070. The van der Waals surface area contributed by atoms with Gasteiger partial charge in [0, 0.05) is 56.3 Å². The Morgan fingerprint density at radius 1 is 1.34 bits per heavy atom. The smallest absolute Gasteiger partial charge is 0.341 e. The van der Waals surface area contributed by atoms with E-state index in [1.807, 2.05) is 9.47 Å². The van der Waals surface area contributed by atoms with Gasteiger partial charge in [-0.1, -0.05) is 0 Å². The van der Waals surface area contributed by atoms with E-state index in [2.05, 4.69) is 17.9 Å². The zero-order valence-electron chi connectivity index (χ0n) is 16.3. The summed E-state index contributed by atoms with van der Waals surface area (Å²) in [7, 11) is 0. The lowest BCUT2D eigenvalue weighted by Crippen LogP contribution is -2.52. The topological polar surface area (TPSA) is 89.6 Å². The van der Waals surface area contributed by atoms with Crippen LogP contribution in [-0.4, -0.2) is 52.8 Å². The zero-order valence-corrected chi connectivity index (χ0v) is 16.3. The fourth-order valence-electron chi connectivity index (χ4n) is 4.15. The second-order valence-corrected chi connectivity index (χ2v) is 7.88. The van der Waals surface area contributed by atoms with Crippen LogP contribution in [0.15, 0.2) is 23.1 Å². The van der Waals surface area contributed by atoms with Crippen LogP contribution < -0.4 is 10.3 Å². The Balaban J connectivity index is 1.74. The number of anilines is 1. The summed E-state index contributed by atoms with van der Waals surface area (Å²) in [5, 5.41) is 18.3. The molecule has 1 aromatic carbocycles. The molecule has 2 aromatic rings. The van der Waals surface area contributed by atoms with E-state index in [0.29, 0.717) is 37.3 Å². The molecule has 1 atom stereocenters. The lowest BCUT2D eigenvalue weighted by Gasteiger charge is -2.40. The number of hydrogen-bond donors (Lipinski definition) is 1. The van der Waals surface area contributed by atoms with Crippen LogP contribution in [0.25, 0.3) is 10.9 Å². The monoisotopic (exact) mass is 398 g/mol. The minimum absolute atomic E-state index is 0.110. The van der Waals surface area contributed by atoms with Gasteiger partial charge in [-0.05, 0) is 31.9 Å². The van der Waals surface area contributed by atoms with E-state index >= 15 is 0 Å². The number of halogens is 1. The molecule has 1 N–H and O–H groups in total. The van der Waals surface area contributed by atoms with Gasteiger partial charge < -0.3 is 14.6 Å². The highest BCUT2D eigenvalue weighted by Gasteiger charge is 2.29. The Morgan fingerprint density at radius 2 is 2.10 bits per heavy atom. The Hall–Kier alpha value is -2.92. The van der Waals surface area contributed by atoms with Crippen LogP contribution in [0, 0.1) is 17.1 Å². The number of carbonyl (C=O) groups is 1. The van der Waals surface area contributed by atoms with Gasteiger partial charge in [0.25, 0.3) is 0 Å². The molecule has 0 spiro atoms. The molecule has 29 heavy (non-hydrogen) atoms. The largest absolute Gasteiger partial charge is 0.477 e. The molecular formula is C21H23FN4O3. The summed E-state index contributed by atoms with van der Waals surface area (Å²) in [6.07, 6.45) is 3.69. The van der Waals surface area contributed by atoms with Crippen LogP contribution in [0.5, 0.6) is 0 Å². The second-order valence-electron chi connectivity index (χ2n) is 7.88. The molecule has 1 saturated carbocycles. The predicted molar refractivity (Wildman–Crippen MR) is 107 cm³/mol. The normalized spacial score (nSPS) is 20.0. The molecule has 4 rings (SSSR count). The number of aromatic carboxylic acids is 1. The van der Waals surface area contributed by atoms with Crippen LogP contribution >= 0.6 is 0 Å². The summed E-state index contributed by atoms with van der Waals surface area (Å²) in [5.74, 6) is -1.81. The van der Waals surface area contributed by atoms with Gasteiger partial charge in [0.15, 0.2) is 0 Å². The molecule has 1 saturated heterocycles. The zero-order chi connectivity index (χ0) is 20.7. The summed E-state index contributed by atoms with van der Waals surface area (Å²) in [6, 6.07) is 5.36. The van der Waals surface area contributed by atoms with Crippen molar-refractivity contribution in [2.45, 2.75) is 38.3 Å². The van der Waals surface area contributed by atoms with E-state index in [-0.39, 0.29) is 23.0 Å². The van der Waals surface area contributed by atoms with E-state index in [0.717, 1.165) is 19.4 Å². The first kappa shape index (κ1) is 19.4. The van der Waals surface area contributed by atoms with Gasteiger partial charge in [-0.2, -0.15) is 5.26 Å². The van der Waals surface area contributed by atoms with E-state index in [4.69, 9.17) is 5.26 Å².